The lowest BCUT2D eigenvalue weighted by atomic mass is 9.96. The molecule has 1 unspecified atom stereocenters. The molecule has 3 heteroatoms. The maximum absolute atomic E-state index is 12.0. The van der Waals surface area contributed by atoms with Crippen LogP contribution in [0.2, 0.25) is 0 Å². The number of methoxy groups -OCH3 is 1. The normalized spacial score (nSPS) is 19.2. The van der Waals surface area contributed by atoms with E-state index in [1.807, 2.05) is 12.1 Å². The zero-order chi connectivity index (χ0) is 15.2. The Morgan fingerprint density at radius 3 is 2.81 bits per heavy atom. The number of carbonyl (C=O) groups excluding carboxylic acids is 1. The van der Waals surface area contributed by atoms with Gasteiger partial charge < -0.3 is 9.64 Å². The molecule has 1 atom stereocenters. The first-order valence-electron chi connectivity index (χ1n) is 8.10. The van der Waals surface area contributed by atoms with E-state index in [0.717, 1.165) is 30.3 Å². The average Bonchev–Trinajstić information content (AvgIpc) is 2.72. The van der Waals surface area contributed by atoms with Crippen LogP contribution in [0.5, 0.6) is 5.75 Å². The van der Waals surface area contributed by atoms with Gasteiger partial charge in [-0.2, -0.15) is 0 Å². The molecule has 1 heterocycles. The van der Waals surface area contributed by atoms with Gasteiger partial charge in [-0.3, -0.25) is 4.79 Å². The summed E-state index contributed by atoms with van der Waals surface area (Å²) in [6.45, 7) is 5.96. The molecule has 0 N–H and O–H groups in total. The quantitative estimate of drug-likeness (QED) is 0.757. The van der Waals surface area contributed by atoms with Crippen LogP contribution in [0.15, 0.2) is 18.2 Å². The van der Waals surface area contributed by atoms with Gasteiger partial charge in [0.1, 0.15) is 5.75 Å². The first-order valence-corrected chi connectivity index (χ1v) is 8.10. The van der Waals surface area contributed by atoms with Crippen LogP contribution < -0.4 is 9.64 Å². The van der Waals surface area contributed by atoms with Gasteiger partial charge in [0.05, 0.1) is 18.4 Å². The lowest BCUT2D eigenvalue weighted by Crippen LogP contribution is -2.26. The predicted octanol–water partition coefficient (Wildman–Crippen LogP) is 4.30. The molecule has 1 aliphatic rings. The van der Waals surface area contributed by atoms with Gasteiger partial charge >= 0.3 is 0 Å². The third kappa shape index (κ3) is 3.78. The molecule has 2 rings (SSSR count). The van der Waals surface area contributed by atoms with E-state index in [1.165, 1.54) is 32.1 Å². The lowest BCUT2D eigenvalue weighted by Gasteiger charge is -2.26. The van der Waals surface area contributed by atoms with Crippen LogP contribution in [-0.2, 0) is 0 Å². The van der Waals surface area contributed by atoms with Gasteiger partial charge in [0, 0.05) is 13.1 Å². The standard InChI is InChI=1S/C18H27NO2/c1-4-7-15-8-6-12-19(13-11-15)16-9-5-10-17(21-3)18(16)14(2)20/h5,9-10,15H,4,6-8,11-13H2,1-3H3. The van der Waals surface area contributed by atoms with E-state index < -0.39 is 0 Å². The number of carbonyl (C=O) groups is 1. The molecule has 0 saturated carbocycles. The van der Waals surface area contributed by atoms with Gasteiger partial charge in [0.15, 0.2) is 5.78 Å². The largest absolute Gasteiger partial charge is 0.496 e. The van der Waals surface area contributed by atoms with Gasteiger partial charge in [-0.15, -0.1) is 0 Å². The van der Waals surface area contributed by atoms with Crippen molar-refractivity contribution >= 4 is 11.5 Å². The number of hydrogen-bond donors (Lipinski definition) is 0. The molecule has 0 radical (unpaired) electrons. The number of nitrogens with zero attached hydrogens (tertiary/aromatic N) is 1. The van der Waals surface area contributed by atoms with E-state index in [0.29, 0.717) is 5.75 Å². The summed E-state index contributed by atoms with van der Waals surface area (Å²) in [4.78, 5) is 14.4. The second kappa shape index (κ2) is 7.48. The molecular formula is C18H27NO2. The molecule has 1 fully saturated rings. The summed E-state index contributed by atoms with van der Waals surface area (Å²) in [6, 6.07) is 5.91. The van der Waals surface area contributed by atoms with Crippen molar-refractivity contribution in [2.24, 2.45) is 5.92 Å². The van der Waals surface area contributed by atoms with Crippen molar-refractivity contribution in [1.82, 2.24) is 0 Å². The van der Waals surface area contributed by atoms with Crippen LogP contribution in [0.1, 0.15) is 56.3 Å². The smallest absolute Gasteiger partial charge is 0.165 e. The highest BCUT2D eigenvalue weighted by Gasteiger charge is 2.21. The minimum absolute atomic E-state index is 0.0804. The summed E-state index contributed by atoms with van der Waals surface area (Å²) in [7, 11) is 1.63. The maximum atomic E-state index is 12.0. The van der Waals surface area contributed by atoms with Crippen LogP contribution >= 0.6 is 0 Å². The first kappa shape index (κ1) is 15.9. The summed E-state index contributed by atoms with van der Waals surface area (Å²) >= 11 is 0. The zero-order valence-corrected chi connectivity index (χ0v) is 13.5. The van der Waals surface area contributed by atoms with Gasteiger partial charge in [-0.1, -0.05) is 25.8 Å². The first-order chi connectivity index (χ1) is 10.2. The Morgan fingerprint density at radius 1 is 1.33 bits per heavy atom. The summed E-state index contributed by atoms with van der Waals surface area (Å²) in [5.74, 6) is 1.61. The van der Waals surface area contributed by atoms with E-state index in [4.69, 9.17) is 4.74 Å². The van der Waals surface area contributed by atoms with E-state index in [2.05, 4.69) is 17.9 Å². The molecule has 0 aliphatic carbocycles. The van der Waals surface area contributed by atoms with Crippen molar-refractivity contribution in [3.63, 3.8) is 0 Å². The SMILES string of the molecule is CCCC1CCCN(c2cccc(OC)c2C(C)=O)CC1. The third-order valence-electron chi connectivity index (χ3n) is 4.46. The molecular weight excluding hydrogens is 262 g/mol. The van der Waals surface area contributed by atoms with Crippen molar-refractivity contribution in [1.29, 1.82) is 0 Å². The van der Waals surface area contributed by atoms with E-state index in [-0.39, 0.29) is 5.78 Å². The highest BCUT2D eigenvalue weighted by molar-refractivity contribution is 6.02. The summed E-state index contributed by atoms with van der Waals surface area (Å²) in [5.41, 5.74) is 1.77. The van der Waals surface area contributed by atoms with Crippen LogP contribution in [0.25, 0.3) is 0 Å². The number of benzene rings is 1. The molecule has 0 aromatic heterocycles. The summed E-state index contributed by atoms with van der Waals surface area (Å²) in [6.07, 6.45) is 6.33. The van der Waals surface area contributed by atoms with E-state index >= 15 is 0 Å². The van der Waals surface area contributed by atoms with Crippen LogP contribution in [0, 0.1) is 5.92 Å². The Morgan fingerprint density at radius 2 is 2.14 bits per heavy atom. The maximum Gasteiger partial charge on any atom is 0.165 e. The Kier molecular flexibility index (Phi) is 5.66. The van der Waals surface area contributed by atoms with Crippen molar-refractivity contribution in [3.05, 3.63) is 23.8 Å². The molecule has 3 nitrogen and oxygen atoms in total. The topological polar surface area (TPSA) is 29.5 Å². The molecule has 21 heavy (non-hydrogen) atoms. The molecule has 1 aromatic carbocycles. The number of hydrogen-bond acceptors (Lipinski definition) is 3. The fourth-order valence-electron chi connectivity index (χ4n) is 3.41. The van der Waals surface area contributed by atoms with E-state index in [9.17, 15) is 4.79 Å². The Bertz CT molecular complexity index is 484. The van der Waals surface area contributed by atoms with Crippen LogP contribution in [-0.4, -0.2) is 26.0 Å². The second-order valence-electron chi connectivity index (χ2n) is 5.98. The highest BCUT2D eigenvalue weighted by atomic mass is 16.5. The Labute approximate surface area is 128 Å². The van der Waals surface area contributed by atoms with Crippen molar-refractivity contribution in [3.8, 4) is 5.75 Å². The number of ether oxygens (including phenoxy) is 1. The van der Waals surface area contributed by atoms with Crippen molar-refractivity contribution in [2.75, 3.05) is 25.1 Å². The average molecular weight is 289 g/mol. The summed E-state index contributed by atoms with van der Waals surface area (Å²) < 4.78 is 5.38. The van der Waals surface area contributed by atoms with Gasteiger partial charge in [-0.05, 0) is 44.2 Å². The number of anilines is 1. The molecule has 116 valence electrons. The minimum atomic E-state index is 0.0804. The predicted molar refractivity (Wildman–Crippen MR) is 87.5 cm³/mol. The Hall–Kier alpha value is -1.51. The number of rotatable bonds is 5. The fraction of sp³-hybridized carbons (Fsp3) is 0.611. The van der Waals surface area contributed by atoms with Gasteiger partial charge in [0.25, 0.3) is 0 Å². The fourth-order valence-corrected chi connectivity index (χ4v) is 3.41. The molecule has 0 bridgehead atoms. The van der Waals surface area contributed by atoms with E-state index in [1.54, 1.807) is 14.0 Å². The molecule has 0 amide bonds. The lowest BCUT2D eigenvalue weighted by molar-refractivity contribution is 0.101. The Balaban J connectivity index is 2.23. The molecule has 0 spiro atoms. The molecule has 1 saturated heterocycles. The van der Waals surface area contributed by atoms with Crippen LogP contribution in [0.4, 0.5) is 5.69 Å². The minimum Gasteiger partial charge on any atom is -0.496 e. The van der Waals surface area contributed by atoms with Gasteiger partial charge in [0.2, 0.25) is 0 Å². The zero-order valence-electron chi connectivity index (χ0n) is 13.5. The highest BCUT2D eigenvalue weighted by Crippen LogP contribution is 2.32. The van der Waals surface area contributed by atoms with Gasteiger partial charge in [-0.25, -0.2) is 0 Å². The third-order valence-corrected chi connectivity index (χ3v) is 4.46. The number of Topliss-reactive ketones (excluding diaryl/α,β-unsaturated/α-hetero) is 1. The van der Waals surface area contributed by atoms with Crippen molar-refractivity contribution < 1.29 is 9.53 Å². The van der Waals surface area contributed by atoms with Crippen LogP contribution in [0.3, 0.4) is 0 Å². The monoisotopic (exact) mass is 289 g/mol. The molecule has 1 aliphatic heterocycles. The number of ketones is 1. The van der Waals surface area contributed by atoms with Crippen molar-refractivity contribution in [2.45, 2.75) is 46.0 Å². The summed E-state index contributed by atoms with van der Waals surface area (Å²) in [5, 5.41) is 0. The molecule has 1 aromatic rings. The second-order valence-corrected chi connectivity index (χ2v) is 5.98.